The summed E-state index contributed by atoms with van der Waals surface area (Å²) < 4.78 is 5.81. The first-order valence-corrected chi connectivity index (χ1v) is 9.76. The highest BCUT2D eigenvalue weighted by atomic mass is 16.5. The van der Waals surface area contributed by atoms with Crippen LogP contribution in [-0.2, 0) is 9.53 Å². The van der Waals surface area contributed by atoms with Crippen molar-refractivity contribution in [2.75, 3.05) is 39.4 Å². The molecule has 5 nitrogen and oxygen atoms in total. The van der Waals surface area contributed by atoms with E-state index in [2.05, 4.69) is 24.1 Å². The van der Waals surface area contributed by atoms with E-state index >= 15 is 0 Å². The van der Waals surface area contributed by atoms with E-state index in [9.17, 15) is 9.90 Å². The molecule has 138 valence electrons. The molecule has 0 amide bonds. The fourth-order valence-electron chi connectivity index (χ4n) is 4.30. The zero-order valence-corrected chi connectivity index (χ0v) is 15.4. The second-order valence-corrected chi connectivity index (χ2v) is 8.55. The van der Waals surface area contributed by atoms with Gasteiger partial charge in [-0.05, 0) is 58.0 Å². The summed E-state index contributed by atoms with van der Waals surface area (Å²) in [7, 11) is 0. The van der Waals surface area contributed by atoms with Gasteiger partial charge in [0.15, 0.2) is 0 Å². The summed E-state index contributed by atoms with van der Waals surface area (Å²) in [6, 6.07) is 0.701. The van der Waals surface area contributed by atoms with Crippen LogP contribution in [0, 0.1) is 16.7 Å². The maximum absolute atomic E-state index is 11.6. The lowest BCUT2D eigenvalue weighted by Crippen LogP contribution is -2.53. The van der Waals surface area contributed by atoms with Crippen molar-refractivity contribution >= 4 is 5.97 Å². The number of likely N-dealkylation sites (tertiary alicyclic amines) is 1. The molecule has 3 fully saturated rings. The van der Waals surface area contributed by atoms with E-state index in [1.54, 1.807) is 0 Å². The number of rotatable bonds is 9. The van der Waals surface area contributed by atoms with E-state index in [4.69, 9.17) is 4.74 Å². The largest absolute Gasteiger partial charge is 0.481 e. The van der Waals surface area contributed by atoms with E-state index in [1.165, 1.54) is 6.42 Å². The molecule has 1 heterocycles. The minimum Gasteiger partial charge on any atom is -0.481 e. The van der Waals surface area contributed by atoms with Crippen LogP contribution in [0.3, 0.4) is 0 Å². The van der Waals surface area contributed by atoms with Crippen LogP contribution in [0.15, 0.2) is 0 Å². The van der Waals surface area contributed by atoms with Crippen LogP contribution in [0.5, 0.6) is 0 Å². The maximum Gasteiger partial charge on any atom is 0.310 e. The number of carboxylic acid groups (broad SMARTS) is 1. The zero-order chi connectivity index (χ0) is 17.2. The molecule has 2 N–H and O–H groups in total. The Morgan fingerprint density at radius 3 is 2.42 bits per heavy atom. The molecule has 3 rings (SSSR count). The van der Waals surface area contributed by atoms with Gasteiger partial charge in [-0.3, -0.25) is 4.79 Å². The summed E-state index contributed by atoms with van der Waals surface area (Å²) in [6.07, 6.45) is 6.29. The van der Waals surface area contributed by atoms with E-state index in [0.717, 1.165) is 77.4 Å². The molecule has 0 radical (unpaired) electrons. The molecule has 3 aliphatic rings. The average Bonchev–Trinajstić information content (AvgIpc) is 3.24. The fraction of sp³-hybridized carbons (Fsp3) is 0.947. The number of carbonyl (C=O) groups is 1. The molecule has 24 heavy (non-hydrogen) atoms. The number of nitrogens with one attached hydrogen (secondary N) is 1. The fourth-order valence-corrected chi connectivity index (χ4v) is 4.30. The molecular weight excluding hydrogens is 304 g/mol. The van der Waals surface area contributed by atoms with Crippen molar-refractivity contribution in [3.05, 3.63) is 0 Å². The lowest BCUT2D eigenvalue weighted by Gasteiger charge is -2.46. The third-order valence-electron chi connectivity index (χ3n) is 6.67. The van der Waals surface area contributed by atoms with Crippen molar-refractivity contribution in [1.82, 2.24) is 10.2 Å². The molecule has 1 aliphatic heterocycles. The summed E-state index contributed by atoms with van der Waals surface area (Å²) in [5.74, 6) is 0.229. The number of carboxylic acids is 1. The standard InChI is InChI=1S/C19H34N2O3/c1-3-24-14-18(12-20-16-11-15(16)2)7-9-21(10-8-18)13-19(17(22)23)5-4-6-19/h15-16,20H,3-14H2,1-2H3,(H,22,23)/t15-,16-/m1/s1. The molecule has 2 atom stereocenters. The van der Waals surface area contributed by atoms with Crippen LogP contribution in [0.1, 0.15) is 52.4 Å². The number of hydrogen-bond donors (Lipinski definition) is 2. The van der Waals surface area contributed by atoms with Crippen LogP contribution in [-0.4, -0.2) is 61.4 Å². The first-order valence-electron chi connectivity index (χ1n) is 9.76. The van der Waals surface area contributed by atoms with Crippen molar-refractivity contribution in [2.45, 2.75) is 58.4 Å². The smallest absolute Gasteiger partial charge is 0.310 e. The molecule has 1 saturated heterocycles. The molecule has 2 saturated carbocycles. The van der Waals surface area contributed by atoms with Gasteiger partial charge in [-0.25, -0.2) is 0 Å². The molecular formula is C19H34N2O3. The van der Waals surface area contributed by atoms with Gasteiger partial charge in [0.25, 0.3) is 0 Å². The third kappa shape index (κ3) is 3.94. The predicted octanol–water partition coefficient (Wildman–Crippen LogP) is 2.36. The molecule has 0 aromatic heterocycles. The second kappa shape index (κ2) is 7.30. The monoisotopic (exact) mass is 338 g/mol. The van der Waals surface area contributed by atoms with E-state index in [1.807, 2.05) is 0 Å². The maximum atomic E-state index is 11.6. The number of piperidine rings is 1. The predicted molar refractivity (Wildman–Crippen MR) is 94.1 cm³/mol. The third-order valence-corrected chi connectivity index (χ3v) is 6.67. The molecule has 2 aliphatic carbocycles. The Balaban J connectivity index is 1.52. The van der Waals surface area contributed by atoms with E-state index in [0.29, 0.717) is 6.04 Å². The highest BCUT2D eigenvalue weighted by molar-refractivity contribution is 5.76. The molecule has 0 aromatic rings. The first kappa shape index (κ1) is 18.2. The number of hydrogen-bond acceptors (Lipinski definition) is 4. The van der Waals surface area contributed by atoms with Crippen molar-refractivity contribution < 1.29 is 14.6 Å². The summed E-state index contributed by atoms with van der Waals surface area (Å²) in [5, 5.41) is 13.3. The molecule has 0 aromatic carbocycles. The van der Waals surface area contributed by atoms with Crippen molar-refractivity contribution in [2.24, 2.45) is 16.7 Å². The summed E-state index contributed by atoms with van der Waals surface area (Å²) in [6.45, 7) is 9.75. The van der Waals surface area contributed by atoms with Gasteiger partial charge in [-0.2, -0.15) is 0 Å². The van der Waals surface area contributed by atoms with Gasteiger partial charge in [-0.15, -0.1) is 0 Å². The Bertz CT molecular complexity index is 442. The van der Waals surface area contributed by atoms with Gasteiger partial charge in [-0.1, -0.05) is 13.3 Å². The van der Waals surface area contributed by atoms with Crippen molar-refractivity contribution in [3.63, 3.8) is 0 Å². The molecule has 0 unspecified atom stereocenters. The molecule has 0 spiro atoms. The SMILES string of the molecule is CCOCC1(CN[C@@H]2C[C@H]2C)CCN(CC2(C(=O)O)CCC2)CC1. The highest BCUT2D eigenvalue weighted by Crippen LogP contribution is 2.43. The summed E-state index contributed by atoms with van der Waals surface area (Å²) in [4.78, 5) is 14.0. The number of ether oxygens (including phenoxy) is 1. The van der Waals surface area contributed by atoms with Gasteiger partial charge in [0.05, 0.1) is 12.0 Å². The minimum absolute atomic E-state index is 0.227. The number of aliphatic carboxylic acids is 1. The second-order valence-electron chi connectivity index (χ2n) is 8.55. The summed E-state index contributed by atoms with van der Waals surface area (Å²) in [5.41, 5.74) is -0.230. The van der Waals surface area contributed by atoms with E-state index in [-0.39, 0.29) is 5.41 Å². The van der Waals surface area contributed by atoms with Crippen LogP contribution >= 0.6 is 0 Å². The normalized spacial score (nSPS) is 31.4. The zero-order valence-electron chi connectivity index (χ0n) is 15.4. The van der Waals surface area contributed by atoms with Crippen LogP contribution in [0.2, 0.25) is 0 Å². The minimum atomic E-state index is -0.593. The van der Waals surface area contributed by atoms with Crippen molar-refractivity contribution in [3.8, 4) is 0 Å². The van der Waals surface area contributed by atoms with Gasteiger partial charge in [0.1, 0.15) is 0 Å². The van der Waals surface area contributed by atoms with Crippen LogP contribution < -0.4 is 5.32 Å². The lowest BCUT2D eigenvalue weighted by atomic mass is 9.68. The first-order chi connectivity index (χ1) is 11.5. The van der Waals surface area contributed by atoms with Crippen LogP contribution in [0.4, 0.5) is 0 Å². The lowest BCUT2D eigenvalue weighted by molar-refractivity contribution is -0.157. The number of nitrogens with zero attached hydrogens (tertiary/aromatic N) is 1. The summed E-state index contributed by atoms with van der Waals surface area (Å²) >= 11 is 0. The van der Waals surface area contributed by atoms with Gasteiger partial charge in [0.2, 0.25) is 0 Å². The highest BCUT2D eigenvalue weighted by Gasteiger charge is 2.47. The van der Waals surface area contributed by atoms with E-state index < -0.39 is 11.4 Å². The molecule has 0 bridgehead atoms. The van der Waals surface area contributed by atoms with Gasteiger partial charge in [0, 0.05) is 31.2 Å². The quantitative estimate of drug-likeness (QED) is 0.676. The Morgan fingerprint density at radius 1 is 1.29 bits per heavy atom. The topological polar surface area (TPSA) is 61.8 Å². The molecule has 5 heteroatoms. The van der Waals surface area contributed by atoms with Crippen molar-refractivity contribution in [1.29, 1.82) is 0 Å². The average molecular weight is 338 g/mol. The van der Waals surface area contributed by atoms with Gasteiger partial charge >= 0.3 is 5.97 Å². The Kier molecular flexibility index (Phi) is 5.52. The Morgan fingerprint density at radius 2 is 1.96 bits per heavy atom. The Hall–Kier alpha value is -0.650. The Labute approximate surface area is 146 Å². The van der Waals surface area contributed by atoms with Gasteiger partial charge < -0.3 is 20.1 Å². The van der Waals surface area contributed by atoms with Crippen LogP contribution in [0.25, 0.3) is 0 Å².